The number of ether oxygens (including phenoxy) is 3. The Labute approximate surface area is 96.6 Å². The second kappa shape index (κ2) is 6.66. The van der Waals surface area contributed by atoms with Crippen molar-refractivity contribution < 1.29 is 19.0 Å². The lowest BCUT2D eigenvalue weighted by atomic mass is 9.90. The number of methoxy groups -OCH3 is 2. The van der Waals surface area contributed by atoms with Crippen molar-refractivity contribution in [1.29, 1.82) is 0 Å². The summed E-state index contributed by atoms with van der Waals surface area (Å²) in [6.45, 7) is 2.25. The first-order valence-corrected chi connectivity index (χ1v) is 5.55. The third-order valence-electron chi connectivity index (χ3n) is 2.86. The van der Waals surface area contributed by atoms with Crippen LogP contribution in [0.5, 0.6) is 0 Å². The summed E-state index contributed by atoms with van der Waals surface area (Å²) in [4.78, 5) is 11.7. The maximum Gasteiger partial charge on any atom is 0.309 e. The SMILES string of the molecule is COC(COC(=O)C1CC=C(C)CC1)OC. The van der Waals surface area contributed by atoms with E-state index in [2.05, 4.69) is 13.0 Å². The average Bonchev–Trinajstić information content (AvgIpc) is 2.31. The van der Waals surface area contributed by atoms with Gasteiger partial charge in [-0.3, -0.25) is 4.79 Å². The Morgan fingerprint density at radius 2 is 2.19 bits per heavy atom. The first-order chi connectivity index (χ1) is 7.67. The van der Waals surface area contributed by atoms with Gasteiger partial charge < -0.3 is 14.2 Å². The number of rotatable bonds is 5. The molecule has 0 amide bonds. The first kappa shape index (κ1) is 13.2. The Bertz CT molecular complexity index is 256. The van der Waals surface area contributed by atoms with E-state index in [0.29, 0.717) is 0 Å². The molecule has 4 heteroatoms. The summed E-state index contributed by atoms with van der Waals surface area (Å²) in [5.41, 5.74) is 1.36. The minimum atomic E-state index is -0.468. The van der Waals surface area contributed by atoms with Crippen LogP contribution in [0.3, 0.4) is 0 Å². The molecule has 1 aliphatic carbocycles. The summed E-state index contributed by atoms with van der Waals surface area (Å²) in [6, 6.07) is 0. The van der Waals surface area contributed by atoms with E-state index in [-0.39, 0.29) is 18.5 Å². The molecule has 1 unspecified atom stereocenters. The number of hydrogen-bond donors (Lipinski definition) is 0. The van der Waals surface area contributed by atoms with Crippen LogP contribution in [-0.2, 0) is 19.0 Å². The Morgan fingerprint density at radius 3 is 2.69 bits per heavy atom. The smallest absolute Gasteiger partial charge is 0.309 e. The van der Waals surface area contributed by atoms with Crippen molar-refractivity contribution in [3.05, 3.63) is 11.6 Å². The van der Waals surface area contributed by atoms with Gasteiger partial charge in [-0.25, -0.2) is 0 Å². The molecular formula is C12H20O4. The highest BCUT2D eigenvalue weighted by Crippen LogP contribution is 2.24. The molecule has 0 saturated heterocycles. The number of carbonyl (C=O) groups excluding carboxylic acids is 1. The Hall–Kier alpha value is -0.870. The molecule has 92 valence electrons. The van der Waals surface area contributed by atoms with Crippen molar-refractivity contribution in [1.82, 2.24) is 0 Å². The van der Waals surface area contributed by atoms with Gasteiger partial charge in [0.25, 0.3) is 0 Å². The molecule has 4 nitrogen and oxygen atoms in total. The fourth-order valence-corrected chi connectivity index (χ4v) is 1.68. The molecule has 1 rings (SSSR count). The average molecular weight is 228 g/mol. The van der Waals surface area contributed by atoms with Crippen LogP contribution < -0.4 is 0 Å². The molecule has 0 spiro atoms. The van der Waals surface area contributed by atoms with E-state index < -0.39 is 6.29 Å². The molecule has 0 bridgehead atoms. The predicted molar refractivity (Wildman–Crippen MR) is 59.9 cm³/mol. The van der Waals surface area contributed by atoms with Gasteiger partial charge in [0.15, 0.2) is 6.29 Å². The van der Waals surface area contributed by atoms with Crippen molar-refractivity contribution in [2.45, 2.75) is 32.5 Å². The number of allylic oxidation sites excluding steroid dienone is 2. The molecular weight excluding hydrogens is 208 g/mol. The molecule has 0 aromatic heterocycles. The molecule has 0 N–H and O–H groups in total. The Balaban J connectivity index is 2.30. The third kappa shape index (κ3) is 3.94. The fraction of sp³-hybridized carbons (Fsp3) is 0.750. The lowest BCUT2D eigenvalue weighted by Gasteiger charge is -2.20. The highest BCUT2D eigenvalue weighted by atomic mass is 16.7. The van der Waals surface area contributed by atoms with Crippen LogP contribution in [-0.4, -0.2) is 33.1 Å². The topological polar surface area (TPSA) is 44.8 Å². The third-order valence-corrected chi connectivity index (χ3v) is 2.86. The maximum absolute atomic E-state index is 11.7. The van der Waals surface area contributed by atoms with Gasteiger partial charge in [-0.15, -0.1) is 0 Å². The van der Waals surface area contributed by atoms with E-state index in [4.69, 9.17) is 14.2 Å². The summed E-state index contributed by atoms with van der Waals surface area (Å²) < 4.78 is 15.0. The van der Waals surface area contributed by atoms with E-state index in [1.54, 1.807) is 0 Å². The van der Waals surface area contributed by atoms with Crippen LogP contribution in [0.4, 0.5) is 0 Å². The summed E-state index contributed by atoms with van der Waals surface area (Å²) in [5, 5.41) is 0. The van der Waals surface area contributed by atoms with E-state index in [9.17, 15) is 4.79 Å². The second-order valence-corrected chi connectivity index (χ2v) is 4.05. The van der Waals surface area contributed by atoms with Gasteiger partial charge in [0.1, 0.15) is 6.61 Å². The van der Waals surface area contributed by atoms with Crippen molar-refractivity contribution in [3.8, 4) is 0 Å². The van der Waals surface area contributed by atoms with Crippen molar-refractivity contribution >= 4 is 5.97 Å². The summed E-state index contributed by atoms with van der Waals surface area (Å²) in [5.74, 6) is -0.152. The summed E-state index contributed by atoms with van der Waals surface area (Å²) in [6.07, 6.45) is 4.29. The van der Waals surface area contributed by atoms with Crippen LogP contribution in [0.2, 0.25) is 0 Å². The molecule has 0 saturated carbocycles. The largest absolute Gasteiger partial charge is 0.460 e. The van der Waals surface area contributed by atoms with Crippen LogP contribution in [0, 0.1) is 5.92 Å². The zero-order valence-electron chi connectivity index (χ0n) is 10.2. The van der Waals surface area contributed by atoms with E-state index in [0.717, 1.165) is 19.3 Å². The van der Waals surface area contributed by atoms with Crippen molar-refractivity contribution in [2.24, 2.45) is 5.92 Å². The van der Waals surface area contributed by atoms with E-state index in [1.807, 2.05) is 0 Å². The predicted octanol–water partition coefficient (Wildman–Crippen LogP) is 1.89. The number of esters is 1. The quantitative estimate of drug-likeness (QED) is 0.409. The lowest BCUT2D eigenvalue weighted by molar-refractivity contribution is -0.170. The zero-order chi connectivity index (χ0) is 12.0. The lowest BCUT2D eigenvalue weighted by Crippen LogP contribution is -2.26. The molecule has 1 aliphatic rings. The zero-order valence-corrected chi connectivity index (χ0v) is 10.2. The molecule has 0 aromatic carbocycles. The minimum Gasteiger partial charge on any atom is -0.460 e. The number of carbonyl (C=O) groups is 1. The van der Waals surface area contributed by atoms with Crippen LogP contribution in [0.1, 0.15) is 26.2 Å². The van der Waals surface area contributed by atoms with Crippen molar-refractivity contribution in [3.63, 3.8) is 0 Å². The summed E-state index contributed by atoms with van der Waals surface area (Å²) >= 11 is 0. The van der Waals surface area contributed by atoms with Crippen LogP contribution in [0.25, 0.3) is 0 Å². The second-order valence-electron chi connectivity index (χ2n) is 4.05. The Morgan fingerprint density at radius 1 is 1.50 bits per heavy atom. The standard InChI is InChI=1S/C12H20O4/c1-9-4-6-10(7-5-9)12(13)16-8-11(14-2)15-3/h4,10-11H,5-8H2,1-3H3. The van der Waals surface area contributed by atoms with Gasteiger partial charge in [-0.2, -0.15) is 0 Å². The minimum absolute atomic E-state index is 0.00179. The molecule has 1 atom stereocenters. The first-order valence-electron chi connectivity index (χ1n) is 5.55. The van der Waals surface area contributed by atoms with E-state index >= 15 is 0 Å². The Kier molecular flexibility index (Phi) is 5.49. The van der Waals surface area contributed by atoms with Crippen LogP contribution in [0.15, 0.2) is 11.6 Å². The van der Waals surface area contributed by atoms with Gasteiger partial charge in [0, 0.05) is 14.2 Å². The fourth-order valence-electron chi connectivity index (χ4n) is 1.68. The van der Waals surface area contributed by atoms with Gasteiger partial charge in [-0.05, 0) is 26.2 Å². The highest BCUT2D eigenvalue weighted by molar-refractivity contribution is 5.72. The maximum atomic E-state index is 11.7. The summed E-state index contributed by atoms with van der Waals surface area (Å²) in [7, 11) is 3.05. The van der Waals surface area contributed by atoms with Gasteiger partial charge in [0.05, 0.1) is 5.92 Å². The molecule has 0 aromatic rings. The number of hydrogen-bond acceptors (Lipinski definition) is 4. The normalized spacial score (nSPS) is 20.8. The van der Waals surface area contributed by atoms with Gasteiger partial charge in [-0.1, -0.05) is 11.6 Å². The van der Waals surface area contributed by atoms with Gasteiger partial charge >= 0.3 is 5.97 Å². The molecule has 0 heterocycles. The van der Waals surface area contributed by atoms with Gasteiger partial charge in [0.2, 0.25) is 0 Å². The molecule has 16 heavy (non-hydrogen) atoms. The molecule has 0 fully saturated rings. The van der Waals surface area contributed by atoms with E-state index in [1.165, 1.54) is 19.8 Å². The molecule has 0 aliphatic heterocycles. The van der Waals surface area contributed by atoms with Crippen LogP contribution >= 0.6 is 0 Å². The van der Waals surface area contributed by atoms with Crippen molar-refractivity contribution in [2.75, 3.05) is 20.8 Å². The monoisotopic (exact) mass is 228 g/mol. The highest BCUT2D eigenvalue weighted by Gasteiger charge is 2.22. The molecule has 0 radical (unpaired) electrons.